The number of hydrogen-bond acceptors (Lipinski definition) is 4. The molecule has 1 aromatic carbocycles. The van der Waals surface area contributed by atoms with Crippen LogP contribution in [-0.4, -0.2) is 71.7 Å². The maximum atomic E-state index is 12.8. The van der Waals surface area contributed by atoms with E-state index in [0.717, 1.165) is 37.2 Å². The van der Waals surface area contributed by atoms with E-state index in [1.165, 1.54) is 0 Å². The Bertz CT molecular complexity index is 857. The van der Waals surface area contributed by atoms with Gasteiger partial charge in [0.25, 0.3) is 11.8 Å². The molecule has 2 aliphatic heterocycles. The van der Waals surface area contributed by atoms with Crippen molar-refractivity contribution in [3.63, 3.8) is 0 Å². The van der Waals surface area contributed by atoms with Crippen molar-refractivity contribution < 1.29 is 9.59 Å². The molecule has 7 heteroatoms. The fourth-order valence-corrected chi connectivity index (χ4v) is 3.90. The van der Waals surface area contributed by atoms with Crippen LogP contribution in [0.4, 0.5) is 5.69 Å². The summed E-state index contributed by atoms with van der Waals surface area (Å²) in [5.41, 5.74) is 3.38. The molecule has 28 heavy (non-hydrogen) atoms. The lowest BCUT2D eigenvalue weighted by atomic mass is 10.1. The third-order valence-corrected chi connectivity index (χ3v) is 5.60. The highest BCUT2D eigenvalue weighted by Crippen LogP contribution is 2.19. The van der Waals surface area contributed by atoms with E-state index >= 15 is 0 Å². The molecule has 1 aromatic heterocycles. The molecule has 0 radical (unpaired) electrons. The molecule has 148 valence electrons. The molecule has 2 amide bonds. The molecule has 0 aliphatic carbocycles. The van der Waals surface area contributed by atoms with Gasteiger partial charge in [0.2, 0.25) is 0 Å². The van der Waals surface area contributed by atoms with Gasteiger partial charge in [0.05, 0.1) is 0 Å². The summed E-state index contributed by atoms with van der Waals surface area (Å²) in [5, 5.41) is 4.49. The number of rotatable bonds is 3. The Morgan fingerprint density at radius 2 is 1.64 bits per heavy atom. The summed E-state index contributed by atoms with van der Waals surface area (Å²) in [5.74, 6) is -0.00291. The zero-order valence-electron chi connectivity index (χ0n) is 16.6. The first-order valence-corrected chi connectivity index (χ1v) is 9.95. The third-order valence-electron chi connectivity index (χ3n) is 5.60. The number of carbonyl (C=O) groups excluding carboxylic acids is 2. The van der Waals surface area contributed by atoms with Gasteiger partial charge in [0, 0.05) is 63.8 Å². The van der Waals surface area contributed by atoms with Gasteiger partial charge in [0.1, 0.15) is 0 Å². The van der Waals surface area contributed by atoms with Crippen LogP contribution in [0.5, 0.6) is 0 Å². The number of benzene rings is 1. The van der Waals surface area contributed by atoms with Crippen molar-refractivity contribution in [2.45, 2.75) is 25.8 Å². The van der Waals surface area contributed by atoms with E-state index in [-0.39, 0.29) is 11.8 Å². The molecule has 1 fully saturated rings. The number of anilines is 1. The van der Waals surface area contributed by atoms with Crippen molar-refractivity contribution in [1.29, 1.82) is 0 Å². The summed E-state index contributed by atoms with van der Waals surface area (Å²) in [6, 6.07) is 9.59. The smallest absolute Gasteiger partial charge is 0.274 e. The number of piperazine rings is 1. The summed E-state index contributed by atoms with van der Waals surface area (Å²) in [6.07, 6.45) is 3.28. The zero-order chi connectivity index (χ0) is 19.7. The van der Waals surface area contributed by atoms with Crippen LogP contribution in [0, 0.1) is 0 Å². The maximum Gasteiger partial charge on any atom is 0.274 e. The Morgan fingerprint density at radius 3 is 2.32 bits per heavy atom. The molecule has 4 rings (SSSR count). The van der Waals surface area contributed by atoms with E-state index < -0.39 is 0 Å². The predicted molar refractivity (Wildman–Crippen MR) is 108 cm³/mol. The van der Waals surface area contributed by atoms with Crippen LogP contribution in [0.2, 0.25) is 0 Å². The van der Waals surface area contributed by atoms with Crippen molar-refractivity contribution >= 4 is 17.5 Å². The number of carbonyl (C=O) groups is 2. The van der Waals surface area contributed by atoms with Gasteiger partial charge in [-0.1, -0.05) is 6.07 Å². The largest absolute Gasteiger partial charge is 0.378 e. The van der Waals surface area contributed by atoms with E-state index in [9.17, 15) is 9.59 Å². The van der Waals surface area contributed by atoms with Gasteiger partial charge < -0.3 is 14.7 Å². The average Bonchev–Trinajstić information content (AvgIpc) is 3.17. The fraction of sp³-hybridized carbons (Fsp3) is 0.476. The molecular weight excluding hydrogens is 354 g/mol. The second-order valence-corrected chi connectivity index (χ2v) is 7.73. The minimum atomic E-state index is -0.0244. The van der Waals surface area contributed by atoms with E-state index in [0.29, 0.717) is 37.4 Å². The summed E-state index contributed by atoms with van der Waals surface area (Å²) >= 11 is 0. The van der Waals surface area contributed by atoms with Crippen LogP contribution < -0.4 is 4.90 Å². The van der Waals surface area contributed by atoms with Gasteiger partial charge in [-0.3, -0.25) is 14.3 Å². The minimum Gasteiger partial charge on any atom is -0.378 e. The van der Waals surface area contributed by atoms with Crippen molar-refractivity contribution in [3.8, 4) is 0 Å². The van der Waals surface area contributed by atoms with Crippen LogP contribution in [0.15, 0.2) is 30.3 Å². The Morgan fingerprint density at radius 1 is 0.929 bits per heavy atom. The number of nitrogens with zero attached hydrogens (tertiary/aromatic N) is 5. The van der Waals surface area contributed by atoms with Gasteiger partial charge in [-0.15, -0.1) is 0 Å². The standard InChI is InChI=1S/C21H27N5O2/c1-23(2)17-8-5-6-16(14-17)20(27)24-10-12-25(13-11-24)21(28)19-15-18-7-3-4-9-26(18)22-19/h5-6,8,14-15H,3-4,7,9-13H2,1-2H3. The molecule has 0 spiro atoms. The monoisotopic (exact) mass is 381 g/mol. The number of hydrogen-bond donors (Lipinski definition) is 0. The summed E-state index contributed by atoms with van der Waals surface area (Å²) in [4.78, 5) is 31.3. The van der Waals surface area contributed by atoms with Crippen LogP contribution >= 0.6 is 0 Å². The molecular formula is C21H27N5O2. The van der Waals surface area contributed by atoms with Crippen LogP contribution in [0.1, 0.15) is 39.4 Å². The molecule has 0 saturated carbocycles. The summed E-state index contributed by atoms with van der Waals surface area (Å²) < 4.78 is 1.97. The second kappa shape index (κ2) is 7.66. The van der Waals surface area contributed by atoms with Crippen LogP contribution in [-0.2, 0) is 13.0 Å². The quantitative estimate of drug-likeness (QED) is 0.815. The topological polar surface area (TPSA) is 61.7 Å². The van der Waals surface area contributed by atoms with E-state index in [1.807, 2.05) is 63.8 Å². The highest BCUT2D eigenvalue weighted by molar-refractivity contribution is 5.96. The predicted octanol–water partition coefficient (Wildman–Crippen LogP) is 1.88. The van der Waals surface area contributed by atoms with Crippen LogP contribution in [0.3, 0.4) is 0 Å². The van der Waals surface area contributed by atoms with Crippen LogP contribution in [0.25, 0.3) is 0 Å². The molecule has 0 N–H and O–H groups in total. The maximum absolute atomic E-state index is 12.8. The highest BCUT2D eigenvalue weighted by Gasteiger charge is 2.27. The lowest BCUT2D eigenvalue weighted by molar-refractivity contribution is 0.0532. The SMILES string of the molecule is CN(C)c1cccc(C(=O)N2CCN(C(=O)c3cc4n(n3)CCCC4)CC2)c1. The second-order valence-electron chi connectivity index (χ2n) is 7.73. The highest BCUT2D eigenvalue weighted by atomic mass is 16.2. The number of amides is 2. The first kappa shape index (κ1) is 18.5. The molecule has 0 unspecified atom stereocenters. The lowest BCUT2D eigenvalue weighted by Gasteiger charge is -2.34. The van der Waals surface area contributed by atoms with Crippen molar-refractivity contribution in [1.82, 2.24) is 19.6 Å². The molecule has 0 atom stereocenters. The summed E-state index contributed by atoms with van der Waals surface area (Å²) in [6.45, 7) is 3.08. The number of aryl methyl sites for hydroxylation is 2. The zero-order valence-corrected chi connectivity index (χ0v) is 16.6. The molecule has 2 aromatic rings. The minimum absolute atomic E-state index is 0.0215. The fourth-order valence-electron chi connectivity index (χ4n) is 3.90. The van der Waals surface area contributed by atoms with E-state index in [2.05, 4.69) is 5.10 Å². The van der Waals surface area contributed by atoms with E-state index in [4.69, 9.17) is 0 Å². The third kappa shape index (κ3) is 3.61. The van der Waals surface area contributed by atoms with Crippen molar-refractivity contribution in [3.05, 3.63) is 47.3 Å². The molecule has 3 heterocycles. The van der Waals surface area contributed by atoms with Gasteiger partial charge in [0.15, 0.2) is 5.69 Å². The van der Waals surface area contributed by atoms with Gasteiger partial charge >= 0.3 is 0 Å². The molecule has 7 nitrogen and oxygen atoms in total. The number of fused-ring (bicyclic) bond motifs is 1. The first-order chi connectivity index (χ1) is 13.5. The molecule has 0 bridgehead atoms. The Balaban J connectivity index is 1.39. The first-order valence-electron chi connectivity index (χ1n) is 9.95. The normalized spacial score (nSPS) is 16.6. The van der Waals surface area contributed by atoms with Gasteiger partial charge in [-0.05, 0) is 43.5 Å². The van der Waals surface area contributed by atoms with Crippen molar-refractivity contribution in [2.24, 2.45) is 0 Å². The molecule has 1 saturated heterocycles. The molecule has 2 aliphatic rings. The Kier molecular flexibility index (Phi) is 5.07. The lowest BCUT2D eigenvalue weighted by Crippen LogP contribution is -2.50. The van der Waals surface area contributed by atoms with Crippen molar-refractivity contribution in [2.75, 3.05) is 45.2 Å². The Hall–Kier alpha value is -2.83. The van der Waals surface area contributed by atoms with E-state index in [1.54, 1.807) is 0 Å². The average molecular weight is 381 g/mol. The summed E-state index contributed by atoms with van der Waals surface area (Å²) in [7, 11) is 3.92. The van der Waals surface area contributed by atoms with Gasteiger partial charge in [-0.25, -0.2) is 0 Å². The number of aromatic nitrogens is 2. The van der Waals surface area contributed by atoms with Gasteiger partial charge in [-0.2, -0.15) is 5.10 Å². The Labute approximate surface area is 165 Å².